The van der Waals surface area contributed by atoms with Crippen molar-refractivity contribution in [3.05, 3.63) is 35.4 Å². The Balaban J connectivity index is 1.63. The molecule has 3 heterocycles. The zero-order chi connectivity index (χ0) is 14.7. The molecule has 0 saturated carbocycles. The molecule has 6 heteroatoms. The second-order valence-electron chi connectivity index (χ2n) is 5.93. The Kier molecular flexibility index (Phi) is 2.40. The molecule has 3 aliphatic heterocycles. The Morgan fingerprint density at radius 1 is 1.33 bits per heavy atom. The fraction of sp³-hybridized carbons (Fsp3) is 0.400. The fourth-order valence-electron chi connectivity index (χ4n) is 3.77. The zero-order valence-electron chi connectivity index (χ0n) is 11.6. The number of fused-ring (bicyclic) bond motifs is 5. The SMILES string of the molecule is Cc1cccc(C(=O)N2CC3CC2C2C(=O)NC(=O)N32)c1. The maximum Gasteiger partial charge on any atom is 0.325 e. The van der Waals surface area contributed by atoms with Gasteiger partial charge in [-0.1, -0.05) is 17.7 Å². The Morgan fingerprint density at radius 2 is 2.14 bits per heavy atom. The van der Waals surface area contributed by atoms with Gasteiger partial charge in [-0.2, -0.15) is 0 Å². The van der Waals surface area contributed by atoms with Gasteiger partial charge in [0.05, 0.1) is 12.1 Å². The van der Waals surface area contributed by atoms with Crippen molar-refractivity contribution in [1.29, 1.82) is 0 Å². The Labute approximate surface area is 121 Å². The van der Waals surface area contributed by atoms with Gasteiger partial charge in [-0.05, 0) is 25.5 Å². The molecule has 4 amide bonds. The molecular formula is C15H15N3O3. The summed E-state index contributed by atoms with van der Waals surface area (Å²) in [6.45, 7) is 2.45. The highest BCUT2D eigenvalue weighted by molar-refractivity contribution is 6.06. The van der Waals surface area contributed by atoms with E-state index in [2.05, 4.69) is 5.32 Å². The average molecular weight is 285 g/mol. The topological polar surface area (TPSA) is 69.7 Å². The van der Waals surface area contributed by atoms with Gasteiger partial charge >= 0.3 is 6.03 Å². The van der Waals surface area contributed by atoms with Gasteiger partial charge < -0.3 is 9.80 Å². The smallest absolute Gasteiger partial charge is 0.325 e. The number of hydrogen-bond acceptors (Lipinski definition) is 3. The van der Waals surface area contributed by atoms with E-state index in [1.165, 1.54) is 0 Å². The van der Waals surface area contributed by atoms with Crippen LogP contribution in [0.4, 0.5) is 4.79 Å². The third-order valence-electron chi connectivity index (χ3n) is 4.64. The summed E-state index contributed by atoms with van der Waals surface area (Å²) in [4.78, 5) is 39.7. The fourth-order valence-corrected chi connectivity index (χ4v) is 3.77. The van der Waals surface area contributed by atoms with E-state index in [0.29, 0.717) is 18.5 Å². The van der Waals surface area contributed by atoms with Crippen LogP contribution in [0, 0.1) is 6.92 Å². The molecule has 3 unspecified atom stereocenters. The predicted octanol–water partition coefficient (Wildman–Crippen LogP) is 0.512. The van der Waals surface area contributed by atoms with Gasteiger partial charge in [-0.15, -0.1) is 0 Å². The lowest BCUT2D eigenvalue weighted by molar-refractivity contribution is -0.122. The van der Waals surface area contributed by atoms with E-state index < -0.39 is 6.04 Å². The summed E-state index contributed by atoms with van der Waals surface area (Å²) in [6.07, 6.45) is 0.696. The molecule has 6 nitrogen and oxygen atoms in total. The number of likely N-dealkylation sites (tertiary alicyclic amines) is 1. The summed E-state index contributed by atoms with van der Waals surface area (Å²) in [5, 5.41) is 2.34. The molecule has 3 atom stereocenters. The summed E-state index contributed by atoms with van der Waals surface area (Å²) < 4.78 is 0. The molecule has 1 N–H and O–H groups in total. The molecule has 3 aliphatic rings. The van der Waals surface area contributed by atoms with Gasteiger partial charge in [0, 0.05) is 12.1 Å². The molecule has 21 heavy (non-hydrogen) atoms. The number of nitrogens with zero attached hydrogens (tertiary/aromatic N) is 2. The first-order valence-corrected chi connectivity index (χ1v) is 7.07. The molecule has 0 radical (unpaired) electrons. The lowest BCUT2D eigenvalue weighted by atomic mass is 10.1. The molecule has 1 aromatic carbocycles. The van der Waals surface area contributed by atoms with Crippen LogP contribution in [0.15, 0.2) is 24.3 Å². The van der Waals surface area contributed by atoms with Gasteiger partial charge in [-0.3, -0.25) is 14.9 Å². The second kappa shape index (κ2) is 4.07. The molecule has 4 rings (SSSR count). The number of benzene rings is 1. The van der Waals surface area contributed by atoms with Crippen LogP contribution >= 0.6 is 0 Å². The molecule has 3 fully saturated rings. The summed E-state index contributed by atoms with van der Waals surface area (Å²) in [5.41, 5.74) is 1.67. The first kappa shape index (κ1) is 12.4. The predicted molar refractivity (Wildman–Crippen MR) is 73.6 cm³/mol. The minimum absolute atomic E-state index is 0.0415. The lowest BCUT2D eigenvalue weighted by Crippen LogP contribution is -2.54. The zero-order valence-corrected chi connectivity index (χ0v) is 11.6. The maximum absolute atomic E-state index is 12.7. The van der Waals surface area contributed by atoms with Crippen LogP contribution in [0.2, 0.25) is 0 Å². The minimum Gasteiger partial charge on any atom is -0.331 e. The molecule has 2 bridgehead atoms. The van der Waals surface area contributed by atoms with Crippen molar-refractivity contribution in [2.75, 3.05) is 6.54 Å². The number of piperazine rings is 1. The molecule has 1 aromatic rings. The van der Waals surface area contributed by atoms with E-state index in [4.69, 9.17) is 0 Å². The minimum atomic E-state index is -0.509. The van der Waals surface area contributed by atoms with Crippen molar-refractivity contribution in [2.45, 2.75) is 31.5 Å². The molecule has 0 aliphatic carbocycles. The number of imide groups is 1. The highest BCUT2D eigenvalue weighted by Gasteiger charge is 2.59. The highest BCUT2D eigenvalue weighted by Crippen LogP contribution is 2.38. The van der Waals surface area contributed by atoms with E-state index >= 15 is 0 Å². The number of nitrogens with one attached hydrogen (secondary N) is 1. The van der Waals surface area contributed by atoms with E-state index in [0.717, 1.165) is 5.56 Å². The van der Waals surface area contributed by atoms with Crippen LogP contribution in [0.3, 0.4) is 0 Å². The summed E-state index contributed by atoms with van der Waals surface area (Å²) >= 11 is 0. The quantitative estimate of drug-likeness (QED) is 0.764. The third-order valence-corrected chi connectivity index (χ3v) is 4.64. The Bertz CT molecular complexity index is 672. The maximum atomic E-state index is 12.7. The average Bonchev–Trinajstić information content (AvgIpc) is 3.11. The van der Waals surface area contributed by atoms with E-state index in [-0.39, 0.29) is 29.9 Å². The molecule has 108 valence electrons. The van der Waals surface area contributed by atoms with E-state index in [1.54, 1.807) is 15.9 Å². The van der Waals surface area contributed by atoms with Crippen LogP contribution in [-0.2, 0) is 4.79 Å². The van der Waals surface area contributed by atoms with Crippen molar-refractivity contribution in [3.63, 3.8) is 0 Å². The van der Waals surface area contributed by atoms with Crippen molar-refractivity contribution >= 4 is 17.8 Å². The number of aryl methyl sites for hydroxylation is 1. The van der Waals surface area contributed by atoms with Gasteiger partial charge in [0.1, 0.15) is 6.04 Å². The third kappa shape index (κ3) is 1.62. The van der Waals surface area contributed by atoms with Crippen molar-refractivity contribution < 1.29 is 14.4 Å². The number of carbonyl (C=O) groups excluding carboxylic acids is 3. The summed E-state index contributed by atoms with van der Waals surface area (Å²) in [7, 11) is 0. The number of amides is 4. The van der Waals surface area contributed by atoms with Gasteiger partial charge in [0.25, 0.3) is 11.8 Å². The van der Waals surface area contributed by atoms with Gasteiger partial charge in [0.15, 0.2) is 0 Å². The highest BCUT2D eigenvalue weighted by atomic mass is 16.2. The number of hydrogen-bond donors (Lipinski definition) is 1. The number of rotatable bonds is 1. The van der Waals surface area contributed by atoms with E-state index in [1.807, 2.05) is 25.1 Å². The monoisotopic (exact) mass is 285 g/mol. The molecule has 0 aromatic heterocycles. The second-order valence-corrected chi connectivity index (χ2v) is 5.93. The molecule has 0 spiro atoms. The van der Waals surface area contributed by atoms with Gasteiger partial charge in [-0.25, -0.2) is 4.79 Å². The van der Waals surface area contributed by atoms with Crippen molar-refractivity contribution in [1.82, 2.24) is 15.1 Å². The molecule has 3 saturated heterocycles. The first-order valence-electron chi connectivity index (χ1n) is 7.07. The van der Waals surface area contributed by atoms with Crippen LogP contribution in [0.25, 0.3) is 0 Å². The normalized spacial score (nSPS) is 29.9. The van der Waals surface area contributed by atoms with Crippen molar-refractivity contribution in [3.8, 4) is 0 Å². The van der Waals surface area contributed by atoms with E-state index in [9.17, 15) is 14.4 Å². The molecular weight excluding hydrogens is 270 g/mol. The summed E-state index contributed by atoms with van der Waals surface area (Å²) in [6, 6.07) is 6.37. The van der Waals surface area contributed by atoms with Crippen LogP contribution in [-0.4, -0.2) is 52.3 Å². The van der Waals surface area contributed by atoms with Crippen molar-refractivity contribution in [2.24, 2.45) is 0 Å². The first-order chi connectivity index (χ1) is 10.1. The Hall–Kier alpha value is -2.37. The lowest BCUT2D eigenvalue weighted by Gasteiger charge is -2.35. The van der Waals surface area contributed by atoms with Gasteiger partial charge in [0.2, 0.25) is 0 Å². The van der Waals surface area contributed by atoms with Crippen LogP contribution in [0.5, 0.6) is 0 Å². The Morgan fingerprint density at radius 3 is 2.90 bits per heavy atom. The number of urea groups is 1. The van der Waals surface area contributed by atoms with Crippen LogP contribution in [0.1, 0.15) is 22.3 Å². The number of carbonyl (C=O) groups is 3. The summed E-state index contributed by atoms with van der Waals surface area (Å²) in [5.74, 6) is -0.341. The largest absolute Gasteiger partial charge is 0.331 e. The van der Waals surface area contributed by atoms with Crippen LogP contribution < -0.4 is 5.32 Å². The standard InChI is InChI=1S/C15H15N3O3/c1-8-3-2-4-9(5-8)14(20)17-7-10-6-11(17)12-13(19)16-15(21)18(10)12/h2-5,10-12H,6-7H2,1H3,(H,16,19,21).